The second-order valence-corrected chi connectivity index (χ2v) is 7.61. The van der Waals surface area contributed by atoms with Crippen molar-refractivity contribution in [3.63, 3.8) is 0 Å². The first-order chi connectivity index (χ1) is 15.6. The van der Waals surface area contributed by atoms with Crippen molar-refractivity contribution in [2.45, 2.75) is 0 Å². The van der Waals surface area contributed by atoms with Gasteiger partial charge in [-0.1, -0.05) is 12.1 Å². The Kier molecular flexibility index (Phi) is 4.81. The third-order valence-corrected chi connectivity index (χ3v) is 5.47. The fraction of sp³-hybridized carbons (Fsp3) is 0.0476. The number of anilines is 3. The topological polar surface area (TPSA) is 137 Å². The molecule has 0 aliphatic carbocycles. The molecule has 5 rings (SSSR count). The van der Waals surface area contributed by atoms with Crippen molar-refractivity contribution in [3.8, 4) is 17.5 Å². The van der Waals surface area contributed by atoms with Crippen LogP contribution in [0.15, 0.2) is 54.9 Å². The Morgan fingerprint density at radius 3 is 2.97 bits per heavy atom. The number of hydrogen-bond donors (Lipinski definition) is 3. The van der Waals surface area contributed by atoms with Crippen molar-refractivity contribution < 1.29 is 4.79 Å². The monoisotopic (exact) mass is 441 g/mol. The Bertz CT molecular complexity index is 1490. The predicted molar refractivity (Wildman–Crippen MR) is 121 cm³/mol. The van der Waals surface area contributed by atoms with Gasteiger partial charge in [-0.25, -0.2) is 0 Å². The van der Waals surface area contributed by atoms with Crippen LogP contribution in [0.5, 0.6) is 0 Å². The molecule has 156 valence electrons. The lowest BCUT2D eigenvalue weighted by Gasteiger charge is -2.06. The number of rotatable bonds is 5. The quantitative estimate of drug-likeness (QED) is 0.378. The number of aromatic nitrogens is 6. The van der Waals surface area contributed by atoms with Gasteiger partial charge in [-0.3, -0.25) is 14.6 Å². The van der Waals surface area contributed by atoms with Crippen LogP contribution in [-0.4, -0.2) is 35.2 Å². The van der Waals surface area contributed by atoms with E-state index in [1.54, 1.807) is 43.7 Å². The minimum absolute atomic E-state index is 0.255. The molecule has 2 aromatic carbocycles. The van der Waals surface area contributed by atoms with Gasteiger partial charge in [0.25, 0.3) is 5.91 Å². The summed E-state index contributed by atoms with van der Waals surface area (Å²) in [5, 5.41) is 27.7. The van der Waals surface area contributed by atoms with Gasteiger partial charge in [-0.2, -0.15) is 24.8 Å². The van der Waals surface area contributed by atoms with Crippen LogP contribution in [-0.2, 0) is 7.05 Å². The van der Waals surface area contributed by atoms with Gasteiger partial charge in [0.1, 0.15) is 11.8 Å². The zero-order valence-corrected chi connectivity index (χ0v) is 17.5. The number of nitriles is 1. The van der Waals surface area contributed by atoms with Crippen molar-refractivity contribution in [1.29, 1.82) is 5.26 Å². The van der Waals surface area contributed by atoms with Gasteiger partial charge in [-0.05, 0) is 30.3 Å². The van der Waals surface area contributed by atoms with Crippen LogP contribution in [0.2, 0.25) is 0 Å². The first kappa shape index (κ1) is 19.4. The summed E-state index contributed by atoms with van der Waals surface area (Å²) in [6.45, 7) is 0. The Morgan fingerprint density at radius 2 is 2.16 bits per heavy atom. The Balaban J connectivity index is 1.37. The summed E-state index contributed by atoms with van der Waals surface area (Å²) in [6, 6.07) is 14.8. The van der Waals surface area contributed by atoms with Gasteiger partial charge < -0.3 is 10.6 Å². The smallest absolute Gasteiger partial charge is 0.273 e. The fourth-order valence-electron chi connectivity index (χ4n) is 3.28. The molecule has 0 aliphatic heterocycles. The Hall–Kier alpha value is -4.56. The molecule has 11 heteroatoms. The number of hydrogen-bond acceptors (Lipinski definition) is 8. The van der Waals surface area contributed by atoms with Crippen LogP contribution >= 0.6 is 11.5 Å². The second kappa shape index (κ2) is 7.93. The number of carbonyl (C=O) groups excluding carboxylic acids is 1. The lowest BCUT2D eigenvalue weighted by Crippen LogP contribution is -2.16. The number of fused-ring (bicyclic) bond motifs is 1. The van der Waals surface area contributed by atoms with Gasteiger partial charge >= 0.3 is 0 Å². The van der Waals surface area contributed by atoms with Crippen molar-refractivity contribution in [3.05, 3.63) is 66.1 Å². The number of amides is 1. The molecule has 10 nitrogen and oxygen atoms in total. The molecule has 0 aliphatic rings. The van der Waals surface area contributed by atoms with Gasteiger partial charge in [0, 0.05) is 41.4 Å². The number of carbonyl (C=O) groups is 1. The van der Waals surface area contributed by atoms with E-state index in [1.807, 2.05) is 18.2 Å². The van der Waals surface area contributed by atoms with E-state index in [-0.39, 0.29) is 5.91 Å². The molecular formula is C21H15N9OS. The van der Waals surface area contributed by atoms with Gasteiger partial charge in [0.05, 0.1) is 23.0 Å². The molecule has 5 aromatic rings. The summed E-state index contributed by atoms with van der Waals surface area (Å²) in [7, 11) is 1.71. The molecule has 0 atom stereocenters. The average molecular weight is 441 g/mol. The predicted octanol–water partition coefficient (Wildman–Crippen LogP) is 3.68. The zero-order chi connectivity index (χ0) is 22.1. The molecule has 0 bridgehead atoms. The number of benzene rings is 2. The normalized spacial score (nSPS) is 10.8. The highest BCUT2D eigenvalue weighted by molar-refractivity contribution is 7.10. The van der Waals surface area contributed by atoms with Crippen LogP contribution < -0.4 is 10.6 Å². The molecule has 0 saturated heterocycles. The van der Waals surface area contributed by atoms with E-state index in [9.17, 15) is 10.1 Å². The largest absolute Gasteiger partial charge is 0.329 e. The zero-order valence-electron chi connectivity index (χ0n) is 16.7. The lowest BCUT2D eigenvalue weighted by molar-refractivity contribution is 0.101. The third-order valence-electron chi connectivity index (χ3n) is 4.84. The third kappa shape index (κ3) is 3.55. The van der Waals surface area contributed by atoms with Crippen molar-refractivity contribution in [2.75, 3.05) is 10.6 Å². The summed E-state index contributed by atoms with van der Waals surface area (Å²) < 4.78 is 5.92. The van der Waals surface area contributed by atoms with Crippen LogP contribution in [0.1, 0.15) is 16.1 Å². The van der Waals surface area contributed by atoms with Gasteiger partial charge in [0.15, 0.2) is 5.82 Å². The van der Waals surface area contributed by atoms with Crippen molar-refractivity contribution in [2.24, 2.45) is 7.05 Å². The number of nitrogens with one attached hydrogen (secondary N) is 3. The maximum Gasteiger partial charge on any atom is 0.273 e. The van der Waals surface area contributed by atoms with Crippen LogP contribution in [0.3, 0.4) is 0 Å². The summed E-state index contributed by atoms with van der Waals surface area (Å²) in [5.74, 6) is 0.256. The number of aromatic amines is 1. The fourth-order valence-corrected chi connectivity index (χ4v) is 3.88. The molecule has 0 saturated carbocycles. The Morgan fingerprint density at radius 1 is 1.25 bits per heavy atom. The molecular weight excluding hydrogens is 426 g/mol. The molecule has 0 radical (unpaired) electrons. The molecule has 0 unspecified atom stereocenters. The highest BCUT2D eigenvalue weighted by Gasteiger charge is 2.14. The molecule has 0 fully saturated rings. The van der Waals surface area contributed by atoms with E-state index in [2.05, 4.69) is 41.4 Å². The molecule has 3 N–H and O–H groups in total. The lowest BCUT2D eigenvalue weighted by atomic mass is 10.1. The minimum Gasteiger partial charge on any atom is -0.329 e. The summed E-state index contributed by atoms with van der Waals surface area (Å²) in [5.41, 5.74) is 3.72. The highest BCUT2D eigenvalue weighted by atomic mass is 32.1. The first-order valence-corrected chi connectivity index (χ1v) is 10.3. The van der Waals surface area contributed by atoms with Gasteiger partial charge in [-0.15, -0.1) is 0 Å². The summed E-state index contributed by atoms with van der Waals surface area (Å²) in [6.07, 6.45) is 3.19. The van der Waals surface area contributed by atoms with Crippen molar-refractivity contribution in [1.82, 2.24) is 29.3 Å². The molecule has 3 heterocycles. The molecule has 0 spiro atoms. The SMILES string of the molecule is Cn1nccc1C(=O)Nc1cccc(-c2nsc(Nc3ccc4[nH]ncc4c3C#N)n2)c1. The van der Waals surface area contributed by atoms with Crippen molar-refractivity contribution >= 4 is 44.8 Å². The van der Waals surface area contributed by atoms with Gasteiger partial charge in [0.2, 0.25) is 5.13 Å². The van der Waals surface area contributed by atoms with E-state index < -0.39 is 0 Å². The number of H-pyrrole nitrogens is 1. The average Bonchev–Trinajstić information content (AvgIpc) is 3.54. The van der Waals surface area contributed by atoms with E-state index in [4.69, 9.17) is 0 Å². The summed E-state index contributed by atoms with van der Waals surface area (Å²) in [4.78, 5) is 17.0. The van der Waals surface area contributed by atoms with E-state index in [0.717, 1.165) is 16.5 Å². The van der Waals surface area contributed by atoms with E-state index in [0.29, 0.717) is 33.6 Å². The maximum atomic E-state index is 12.4. The van der Waals surface area contributed by atoms with E-state index >= 15 is 0 Å². The van der Waals surface area contributed by atoms with Crippen LogP contribution in [0.4, 0.5) is 16.5 Å². The maximum absolute atomic E-state index is 12.4. The second-order valence-electron chi connectivity index (χ2n) is 6.85. The molecule has 3 aromatic heterocycles. The molecule has 32 heavy (non-hydrogen) atoms. The number of aryl methyl sites for hydroxylation is 1. The van der Waals surface area contributed by atoms with Crippen LogP contribution in [0.25, 0.3) is 22.3 Å². The van der Waals surface area contributed by atoms with Crippen LogP contribution in [0, 0.1) is 11.3 Å². The highest BCUT2D eigenvalue weighted by Crippen LogP contribution is 2.29. The van der Waals surface area contributed by atoms with E-state index in [1.165, 1.54) is 16.2 Å². The number of nitrogens with zero attached hydrogens (tertiary/aromatic N) is 6. The Labute approximate surface area is 185 Å². The summed E-state index contributed by atoms with van der Waals surface area (Å²) >= 11 is 1.18. The molecule has 1 amide bonds. The minimum atomic E-state index is -0.255. The first-order valence-electron chi connectivity index (χ1n) is 9.49. The standard InChI is InChI=1S/C21H15N9OS/c1-30-18(7-8-24-30)20(31)25-13-4-2-3-12(9-13)19-27-21(32-29-19)26-16-5-6-17-15(11-23-28-17)14(16)10-22/h2-9,11H,1H3,(H,23,28)(H,25,31)(H,26,27,29).